The molecule has 0 aliphatic heterocycles. The van der Waals surface area contributed by atoms with Gasteiger partial charge in [-0.2, -0.15) is 0 Å². The Morgan fingerprint density at radius 2 is 0.824 bits per heavy atom. The predicted molar refractivity (Wildman–Crippen MR) is 219 cm³/mol. The van der Waals surface area contributed by atoms with Crippen molar-refractivity contribution in [3.63, 3.8) is 0 Å². The van der Waals surface area contributed by atoms with E-state index in [0.717, 1.165) is 0 Å². The van der Waals surface area contributed by atoms with Crippen LogP contribution in [0.3, 0.4) is 0 Å². The summed E-state index contributed by atoms with van der Waals surface area (Å²) in [5, 5.41) is 7.67. The number of hydrogen-bond acceptors (Lipinski definition) is 1. The first-order chi connectivity index (χ1) is 25.3. The zero-order valence-electron chi connectivity index (χ0n) is 27.6. The number of rotatable bonds is 4. The van der Waals surface area contributed by atoms with Crippen LogP contribution in [0.1, 0.15) is 0 Å². The van der Waals surface area contributed by atoms with Crippen LogP contribution in [-0.4, -0.2) is 9.13 Å². The Bertz CT molecular complexity index is 3130. The Morgan fingerprint density at radius 3 is 1.53 bits per heavy atom. The van der Waals surface area contributed by atoms with E-state index in [-0.39, 0.29) is 0 Å². The largest absolute Gasteiger partial charge is 0.309 e. The molecular formula is C48H30N2S. The number of fused-ring (bicyclic) bond motifs is 9. The predicted octanol–water partition coefficient (Wildman–Crippen LogP) is 13.6. The molecule has 238 valence electrons. The number of hydrogen-bond donors (Lipinski definition) is 0. The molecule has 0 amide bonds. The smallest absolute Gasteiger partial charge is 0.0640 e. The Hall–Kier alpha value is -6.42. The number of thiophene rings is 1. The minimum absolute atomic E-state index is 1.17. The van der Waals surface area contributed by atoms with E-state index in [4.69, 9.17) is 0 Å². The SMILES string of the molecule is c1ccc(-c2ccc3c(c2)c2cc(-c4ccc5c(c4)c4ccccc4n5-c4cccc5c4sc4ccccc45)ccc2n3-c2ccccc2)cc1. The molecule has 0 N–H and O–H groups in total. The van der Waals surface area contributed by atoms with Crippen molar-refractivity contribution in [1.29, 1.82) is 0 Å². The van der Waals surface area contributed by atoms with E-state index in [1.165, 1.54) is 97.4 Å². The van der Waals surface area contributed by atoms with E-state index in [1.54, 1.807) is 0 Å². The fourth-order valence-electron chi connectivity index (χ4n) is 8.19. The number of benzene rings is 8. The quantitative estimate of drug-likeness (QED) is 0.177. The lowest BCUT2D eigenvalue weighted by Crippen LogP contribution is -1.94. The van der Waals surface area contributed by atoms with Crippen LogP contribution < -0.4 is 0 Å². The van der Waals surface area contributed by atoms with Gasteiger partial charge in [-0.1, -0.05) is 115 Å². The van der Waals surface area contributed by atoms with Crippen molar-refractivity contribution in [2.75, 3.05) is 0 Å². The summed E-state index contributed by atoms with van der Waals surface area (Å²) in [5.41, 5.74) is 12.1. The second-order valence-electron chi connectivity index (χ2n) is 13.3. The van der Waals surface area contributed by atoms with Crippen LogP contribution in [0.5, 0.6) is 0 Å². The van der Waals surface area contributed by atoms with Gasteiger partial charge in [0.15, 0.2) is 0 Å². The first-order valence-electron chi connectivity index (χ1n) is 17.4. The molecule has 0 unspecified atom stereocenters. The highest BCUT2D eigenvalue weighted by molar-refractivity contribution is 7.26. The molecule has 3 aromatic heterocycles. The van der Waals surface area contributed by atoms with Crippen LogP contribution >= 0.6 is 11.3 Å². The third-order valence-electron chi connectivity index (χ3n) is 10.5. The van der Waals surface area contributed by atoms with Crippen molar-refractivity contribution < 1.29 is 0 Å². The maximum atomic E-state index is 2.47. The molecule has 0 aliphatic rings. The van der Waals surface area contributed by atoms with Crippen molar-refractivity contribution in [3.8, 4) is 33.6 Å². The van der Waals surface area contributed by atoms with Crippen molar-refractivity contribution in [2.45, 2.75) is 0 Å². The molecule has 3 heteroatoms. The molecule has 3 heterocycles. The lowest BCUT2D eigenvalue weighted by molar-refractivity contribution is 1.18. The second kappa shape index (κ2) is 11.0. The monoisotopic (exact) mass is 666 g/mol. The normalized spacial score (nSPS) is 11.9. The van der Waals surface area contributed by atoms with Gasteiger partial charge in [0.25, 0.3) is 0 Å². The molecule has 8 aromatic carbocycles. The summed E-state index contributed by atoms with van der Waals surface area (Å²) >= 11 is 1.88. The van der Waals surface area contributed by atoms with Crippen LogP contribution in [0.2, 0.25) is 0 Å². The van der Waals surface area contributed by atoms with Crippen LogP contribution in [-0.2, 0) is 0 Å². The molecule has 0 saturated carbocycles. The molecule has 0 radical (unpaired) electrons. The van der Waals surface area contributed by atoms with Gasteiger partial charge in [0.2, 0.25) is 0 Å². The molecule has 51 heavy (non-hydrogen) atoms. The summed E-state index contributed by atoms with van der Waals surface area (Å²) in [5.74, 6) is 0. The Kier molecular flexibility index (Phi) is 6.16. The Labute approximate surface area is 298 Å². The van der Waals surface area contributed by atoms with Gasteiger partial charge in [-0.15, -0.1) is 11.3 Å². The van der Waals surface area contributed by atoms with E-state index < -0.39 is 0 Å². The molecule has 2 nitrogen and oxygen atoms in total. The van der Waals surface area contributed by atoms with E-state index in [1.807, 2.05) is 11.3 Å². The zero-order valence-corrected chi connectivity index (χ0v) is 28.4. The summed E-state index contributed by atoms with van der Waals surface area (Å²) in [6.45, 7) is 0. The van der Waals surface area contributed by atoms with Crippen LogP contribution in [0.15, 0.2) is 182 Å². The lowest BCUT2D eigenvalue weighted by Gasteiger charge is -2.10. The minimum Gasteiger partial charge on any atom is -0.309 e. The van der Waals surface area contributed by atoms with Crippen LogP contribution in [0, 0.1) is 0 Å². The van der Waals surface area contributed by atoms with Gasteiger partial charge in [0.05, 0.1) is 32.5 Å². The van der Waals surface area contributed by atoms with E-state index in [9.17, 15) is 0 Å². The molecule has 0 aliphatic carbocycles. The fourth-order valence-corrected chi connectivity index (χ4v) is 9.39. The highest BCUT2D eigenvalue weighted by Gasteiger charge is 2.18. The molecule has 0 atom stereocenters. The average Bonchev–Trinajstić information content (AvgIpc) is 3.85. The number of para-hydroxylation sites is 2. The topological polar surface area (TPSA) is 9.86 Å². The molecular weight excluding hydrogens is 637 g/mol. The number of aromatic nitrogens is 2. The van der Waals surface area contributed by atoms with E-state index >= 15 is 0 Å². The number of nitrogens with zero attached hydrogens (tertiary/aromatic N) is 2. The average molecular weight is 667 g/mol. The first-order valence-corrected chi connectivity index (χ1v) is 18.3. The summed E-state index contributed by atoms with van der Waals surface area (Å²) < 4.78 is 7.51. The van der Waals surface area contributed by atoms with Gasteiger partial charge in [0, 0.05) is 42.7 Å². The van der Waals surface area contributed by atoms with Crippen molar-refractivity contribution in [2.24, 2.45) is 0 Å². The third kappa shape index (κ3) is 4.29. The van der Waals surface area contributed by atoms with Gasteiger partial charge in [0.1, 0.15) is 0 Å². The fraction of sp³-hybridized carbons (Fsp3) is 0. The maximum Gasteiger partial charge on any atom is 0.0640 e. The third-order valence-corrected chi connectivity index (χ3v) is 11.7. The summed E-state index contributed by atoms with van der Waals surface area (Å²) in [6, 6.07) is 66.6. The van der Waals surface area contributed by atoms with Gasteiger partial charge in [-0.25, -0.2) is 0 Å². The highest BCUT2D eigenvalue weighted by Crippen LogP contribution is 2.42. The van der Waals surface area contributed by atoms with Gasteiger partial charge in [-0.05, 0) is 89.0 Å². The summed E-state index contributed by atoms with van der Waals surface area (Å²) in [7, 11) is 0. The molecule has 0 fully saturated rings. The Morgan fingerprint density at radius 1 is 0.314 bits per heavy atom. The molecule has 0 bridgehead atoms. The Balaban J connectivity index is 1.13. The molecule has 0 saturated heterocycles. The standard InChI is InChI=1S/C48H30N2S/c1-3-12-31(13-4-1)32-22-25-43-40(28-32)41-30-34(23-26-44(41)49(43)35-14-5-2-6-15-35)33-24-27-45-39(29-33)36-16-7-9-19-42(36)50(45)46-20-11-18-38-37-17-8-10-21-47(37)51-48(38)46/h1-30H. The zero-order chi connectivity index (χ0) is 33.5. The molecule has 11 rings (SSSR count). The second-order valence-corrected chi connectivity index (χ2v) is 14.4. The van der Waals surface area contributed by atoms with Gasteiger partial charge < -0.3 is 9.13 Å². The molecule has 0 spiro atoms. The summed E-state index contributed by atoms with van der Waals surface area (Å²) in [4.78, 5) is 0. The summed E-state index contributed by atoms with van der Waals surface area (Å²) in [6.07, 6.45) is 0. The molecule has 11 aromatic rings. The van der Waals surface area contributed by atoms with Crippen molar-refractivity contribution >= 4 is 75.1 Å². The van der Waals surface area contributed by atoms with Crippen molar-refractivity contribution in [1.82, 2.24) is 9.13 Å². The van der Waals surface area contributed by atoms with Crippen LogP contribution in [0.4, 0.5) is 0 Å². The first kappa shape index (κ1) is 28.4. The van der Waals surface area contributed by atoms with E-state index in [2.05, 4.69) is 191 Å². The highest BCUT2D eigenvalue weighted by atomic mass is 32.1. The maximum absolute atomic E-state index is 2.47. The lowest BCUT2D eigenvalue weighted by atomic mass is 9.99. The van der Waals surface area contributed by atoms with Crippen molar-refractivity contribution in [3.05, 3.63) is 182 Å². The minimum atomic E-state index is 1.17. The van der Waals surface area contributed by atoms with Crippen LogP contribution in [0.25, 0.3) is 97.4 Å². The van der Waals surface area contributed by atoms with Gasteiger partial charge >= 0.3 is 0 Å². The van der Waals surface area contributed by atoms with Gasteiger partial charge in [-0.3, -0.25) is 0 Å². The van der Waals surface area contributed by atoms with E-state index in [0.29, 0.717) is 0 Å².